The third-order valence-corrected chi connectivity index (χ3v) is 5.74. The average molecular weight is 414 g/mol. The molecule has 0 saturated carbocycles. The molecule has 1 rings (SSSR count). The molecule has 0 atom stereocenters. The lowest BCUT2D eigenvalue weighted by molar-refractivity contribution is -0.141. The van der Waals surface area contributed by atoms with E-state index in [9.17, 15) is 14.2 Å². The molecule has 158 valence electrons. The number of benzene rings is 1. The number of carbonyl (C=O) groups excluding carboxylic acids is 2. The van der Waals surface area contributed by atoms with Crippen molar-refractivity contribution in [2.75, 3.05) is 27.4 Å². The van der Waals surface area contributed by atoms with Crippen molar-refractivity contribution in [1.82, 2.24) is 0 Å². The third-order valence-electron chi connectivity index (χ3n) is 3.57. The van der Waals surface area contributed by atoms with Gasteiger partial charge in [0.15, 0.2) is 0 Å². The van der Waals surface area contributed by atoms with E-state index in [-0.39, 0.29) is 31.6 Å². The summed E-state index contributed by atoms with van der Waals surface area (Å²) in [6.45, 7) is 9.58. The molecule has 0 heterocycles. The lowest BCUT2D eigenvalue weighted by Crippen LogP contribution is -2.15. The smallest absolute Gasteiger partial charge is 0.361 e. The average Bonchev–Trinajstić information content (AvgIpc) is 2.71. The molecule has 0 amide bonds. The Balaban J connectivity index is 0.00000105. The molecule has 28 heavy (non-hydrogen) atoms. The number of esters is 2. The highest BCUT2D eigenvalue weighted by Gasteiger charge is 2.29. The van der Waals surface area contributed by atoms with Crippen LogP contribution in [0.5, 0.6) is 0 Å². The van der Waals surface area contributed by atoms with Crippen LogP contribution in [0.15, 0.2) is 24.8 Å². The zero-order valence-electron chi connectivity index (χ0n) is 17.4. The number of ether oxygens (including phenoxy) is 2. The lowest BCUT2D eigenvalue weighted by Gasteiger charge is -2.20. The summed E-state index contributed by atoms with van der Waals surface area (Å²) in [7, 11) is -0.660. The number of hydrogen-bond acceptors (Lipinski definition) is 7. The van der Waals surface area contributed by atoms with Crippen LogP contribution in [-0.4, -0.2) is 39.4 Å². The number of carbonyl (C=O) groups is 2. The molecule has 0 aliphatic rings. The van der Waals surface area contributed by atoms with Crippen LogP contribution >= 0.6 is 7.60 Å². The Kier molecular flexibility index (Phi) is 13.1. The first-order valence-corrected chi connectivity index (χ1v) is 10.6. The van der Waals surface area contributed by atoms with Crippen LogP contribution < -0.4 is 5.30 Å². The summed E-state index contributed by atoms with van der Waals surface area (Å²) in [6, 6.07) is 5.43. The highest BCUT2D eigenvalue weighted by Crippen LogP contribution is 2.48. The molecule has 1 aromatic rings. The molecular formula is C20H31O7P. The summed E-state index contributed by atoms with van der Waals surface area (Å²) in [5.74, 6) is -0.442. The van der Waals surface area contributed by atoms with E-state index in [1.165, 1.54) is 14.2 Å². The molecule has 1 aromatic carbocycles. The minimum absolute atomic E-state index is 0.157. The largest absolute Gasteiger partial charge is 0.469 e. The minimum Gasteiger partial charge on any atom is -0.469 e. The maximum Gasteiger partial charge on any atom is 0.361 e. The fourth-order valence-corrected chi connectivity index (χ4v) is 4.00. The Bertz CT molecular complexity index is 669. The zero-order chi connectivity index (χ0) is 21.6. The highest BCUT2D eigenvalue weighted by atomic mass is 31.2. The first kappa shape index (κ1) is 26.1. The Morgan fingerprint density at radius 1 is 1.04 bits per heavy atom. The van der Waals surface area contributed by atoms with E-state index in [0.29, 0.717) is 23.7 Å². The minimum atomic E-state index is -3.39. The summed E-state index contributed by atoms with van der Waals surface area (Å²) in [6.07, 6.45) is 2.84. The van der Waals surface area contributed by atoms with Crippen LogP contribution in [0.25, 0.3) is 6.08 Å². The van der Waals surface area contributed by atoms with Gasteiger partial charge in [0, 0.05) is 12.8 Å². The van der Waals surface area contributed by atoms with Crippen LogP contribution in [0.2, 0.25) is 0 Å². The number of rotatable bonds is 10. The standard InChI is InChI=1S/C16H23O5P.C4H8O2/c1-5-14-10-8-13(9-11-16(17)19-4)12-15(14)22(18,20-6-2)21-7-3;1-3-4(5)6-2/h5,8,10,12H,1,6-7,9,11H2,2-4H3;3H2,1-2H3. The molecule has 7 nitrogen and oxygen atoms in total. The number of aryl methyl sites for hydroxylation is 1. The van der Waals surface area contributed by atoms with Gasteiger partial charge in [-0.15, -0.1) is 0 Å². The SMILES string of the molecule is C=Cc1ccc(CCC(=O)OC)cc1P(=O)(OCC)OCC.CCC(=O)OC. The maximum absolute atomic E-state index is 13.0. The Labute approximate surface area is 167 Å². The van der Waals surface area contributed by atoms with Gasteiger partial charge in [-0.05, 0) is 37.5 Å². The number of hydrogen-bond donors (Lipinski definition) is 0. The first-order valence-electron chi connectivity index (χ1n) is 9.10. The molecule has 0 N–H and O–H groups in total. The van der Waals surface area contributed by atoms with Crippen LogP contribution in [0, 0.1) is 0 Å². The molecule has 0 bridgehead atoms. The predicted molar refractivity (Wildman–Crippen MR) is 110 cm³/mol. The fraction of sp³-hybridized carbons (Fsp3) is 0.500. The second-order valence-corrected chi connectivity index (χ2v) is 7.43. The van der Waals surface area contributed by atoms with Gasteiger partial charge in [0.25, 0.3) is 0 Å². The van der Waals surface area contributed by atoms with Gasteiger partial charge in [-0.1, -0.05) is 31.7 Å². The van der Waals surface area contributed by atoms with E-state index >= 15 is 0 Å². The summed E-state index contributed by atoms with van der Waals surface area (Å²) >= 11 is 0. The quantitative estimate of drug-likeness (QED) is 0.424. The van der Waals surface area contributed by atoms with E-state index in [1.54, 1.807) is 39.0 Å². The summed E-state index contributed by atoms with van der Waals surface area (Å²) in [5, 5.41) is 0.480. The molecule has 0 radical (unpaired) electrons. The van der Waals surface area contributed by atoms with E-state index in [2.05, 4.69) is 16.1 Å². The molecule has 0 fully saturated rings. The van der Waals surface area contributed by atoms with Gasteiger partial charge in [0.2, 0.25) is 0 Å². The molecule has 0 aliphatic carbocycles. The zero-order valence-corrected chi connectivity index (χ0v) is 18.3. The molecule has 8 heteroatoms. The second-order valence-electron chi connectivity index (χ2n) is 5.44. The normalized spacial score (nSPS) is 10.5. The number of methoxy groups -OCH3 is 2. The predicted octanol–water partition coefficient (Wildman–Crippen LogP) is 3.90. The van der Waals surface area contributed by atoms with Crippen LogP contribution in [0.3, 0.4) is 0 Å². The monoisotopic (exact) mass is 414 g/mol. The molecule has 0 saturated heterocycles. The molecule has 0 aromatic heterocycles. The van der Waals surface area contributed by atoms with Crippen molar-refractivity contribution in [3.63, 3.8) is 0 Å². The molecular weight excluding hydrogens is 383 g/mol. The lowest BCUT2D eigenvalue weighted by atomic mass is 10.1. The molecule has 0 unspecified atom stereocenters. The van der Waals surface area contributed by atoms with Crippen molar-refractivity contribution in [2.45, 2.75) is 40.0 Å². The van der Waals surface area contributed by atoms with Crippen molar-refractivity contribution < 1.29 is 32.7 Å². The Morgan fingerprint density at radius 2 is 1.61 bits per heavy atom. The van der Waals surface area contributed by atoms with Gasteiger partial charge in [-0.3, -0.25) is 14.2 Å². The van der Waals surface area contributed by atoms with Crippen LogP contribution in [0.4, 0.5) is 0 Å². The summed E-state index contributed by atoms with van der Waals surface area (Å²) < 4.78 is 32.6. The van der Waals surface area contributed by atoms with Gasteiger partial charge >= 0.3 is 19.5 Å². The van der Waals surface area contributed by atoms with Gasteiger partial charge in [0.05, 0.1) is 32.7 Å². The van der Waals surface area contributed by atoms with Crippen molar-refractivity contribution in [3.05, 3.63) is 35.9 Å². The van der Waals surface area contributed by atoms with E-state index in [1.807, 2.05) is 6.07 Å². The van der Waals surface area contributed by atoms with E-state index in [0.717, 1.165) is 5.56 Å². The fourth-order valence-electron chi connectivity index (χ4n) is 2.16. The van der Waals surface area contributed by atoms with Gasteiger partial charge in [0.1, 0.15) is 0 Å². The topological polar surface area (TPSA) is 88.1 Å². The van der Waals surface area contributed by atoms with Crippen molar-refractivity contribution in [3.8, 4) is 0 Å². The van der Waals surface area contributed by atoms with E-state index in [4.69, 9.17) is 9.05 Å². The maximum atomic E-state index is 13.0. The van der Waals surface area contributed by atoms with Crippen molar-refractivity contribution in [1.29, 1.82) is 0 Å². The second kappa shape index (κ2) is 14.1. The van der Waals surface area contributed by atoms with Crippen molar-refractivity contribution >= 4 is 30.9 Å². The Morgan fingerprint density at radius 3 is 2.00 bits per heavy atom. The van der Waals surface area contributed by atoms with Gasteiger partial charge in [-0.2, -0.15) is 0 Å². The summed E-state index contributed by atoms with van der Waals surface area (Å²) in [5.41, 5.74) is 1.57. The Hall–Kier alpha value is -1.95. The van der Waals surface area contributed by atoms with Crippen LogP contribution in [0.1, 0.15) is 44.7 Å². The highest BCUT2D eigenvalue weighted by molar-refractivity contribution is 7.62. The van der Waals surface area contributed by atoms with Gasteiger partial charge in [-0.25, -0.2) is 0 Å². The third kappa shape index (κ3) is 8.83. The summed E-state index contributed by atoms with van der Waals surface area (Å²) in [4.78, 5) is 21.2. The van der Waals surface area contributed by atoms with E-state index < -0.39 is 7.60 Å². The van der Waals surface area contributed by atoms with Gasteiger partial charge < -0.3 is 18.5 Å². The first-order chi connectivity index (χ1) is 13.3. The van der Waals surface area contributed by atoms with Crippen molar-refractivity contribution in [2.24, 2.45) is 0 Å². The molecule has 0 spiro atoms. The molecule has 0 aliphatic heterocycles. The van der Waals surface area contributed by atoms with Crippen LogP contribution in [-0.2, 0) is 39.1 Å².